The molecule has 1 fully saturated rings. The van der Waals surface area contributed by atoms with Crippen LogP contribution in [0.15, 0.2) is 36.8 Å². The first-order valence-electron chi connectivity index (χ1n) is 11.7. The molecule has 0 unspecified atom stereocenters. The van der Waals surface area contributed by atoms with Gasteiger partial charge < -0.3 is 0 Å². The van der Waals surface area contributed by atoms with Crippen molar-refractivity contribution in [3.63, 3.8) is 0 Å². The molecule has 2 nitrogen and oxygen atoms in total. The van der Waals surface area contributed by atoms with Gasteiger partial charge in [0.15, 0.2) is 0 Å². The molecule has 2 aromatic rings. The van der Waals surface area contributed by atoms with Crippen molar-refractivity contribution < 1.29 is 0 Å². The molecule has 0 aliphatic heterocycles. The van der Waals surface area contributed by atoms with Crippen LogP contribution in [0.3, 0.4) is 0 Å². The molecule has 1 aromatic carbocycles. The molecule has 1 aliphatic rings. The maximum Gasteiger partial charge on any atom is 0.116 e. The highest BCUT2D eigenvalue weighted by atomic mass is 14.8. The van der Waals surface area contributed by atoms with Crippen LogP contribution in [0.25, 0.3) is 11.3 Å². The number of aromatic nitrogens is 2. The van der Waals surface area contributed by atoms with Crippen molar-refractivity contribution in [2.45, 2.75) is 90.9 Å². The Bertz CT molecular complexity index is 701. The number of aryl methyl sites for hydroxylation is 2. The molecule has 152 valence electrons. The van der Waals surface area contributed by atoms with Gasteiger partial charge in [0, 0.05) is 11.8 Å². The van der Waals surface area contributed by atoms with Gasteiger partial charge in [-0.25, -0.2) is 9.97 Å². The predicted molar refractivity (Wildman–Crippen MR) is 119 cm³/mol. The Morgan fingerprint density at radius 3 is 2.32 bits per heavy atom. The Balaban J connectivity index is 1.66. The molecule has 3 rings (SSSR count). The monoisotopic (exact) mass is 378 g/mol. The van der Waals surface area contributed by atoms with Crippen molar-refractivity contribution >= 4 is 0 Å². The third kappa shape index (κ3) is 5.90. The maximum atomic E-state index is 4.73. The molecule has 0 spiro atoms. The van der Waals surface area contributed by atoms with Crippen LogP contribution in [-0.4, -0.2) is 9.97 Å². The molecule has 0 N–H and O–H groups in total. The number of unbranched alkanes of at least 4 members (excludes halogenated alkanes) is 2. The quantitative estimate of drug-likeness (QED) is 0.402. The lowest BCUT2D eigenvalue weighted by molar-refractivity contribution is 0.252. The van der Waals surface area contributed by atoms with E-state index in [0.717, 1.165) is 24.7 Å². The zero-order valence-electron chi connectivity index (χ0n) is 18.0. The maximum absolute atomic E-state index is 4.73. The summed E-state index contributed by atoms with van der Waals surface area (Å²) in [6.07, 6.45) is 19.6. The molecule has 0 bridgehead atoms. The van der Waals surface area contributed by atoms with Gasteiger partial charge in [-0.05, 0) is 48.6 Å². The van der Waals surface area contributed by atoms with Crippen molar-refractivity contribution in [2.75, 3.05) is 0 Å². The van der Waals surface area contributed by atoms with E-state index in [1.54, 1.807) is 6.33 Å². The molecule has 0 amide bonds. The first-order chi connectivity index (χ1) is 13.8. The number of nitrogens with zero attached hydrogens (tertiary/aromatic N) is 2. The second kappa shape index (κ2) is 11.3. The van der Waals surface area contributed by atoms with Crippen molar-refractivity contribution in [3.05, 3.63) is 47.9 Å². The zero-order valence-corrected chi connectivity index (χ0v) is 18.0. The minimum atomic E-state index is 0.890. The van der Waals surface area contributed by atoms with Gasteiger partial charge in [-0.15, -0.1) is 0 Å². The van der Waals surface area contributed by atoms with Gasteiger partial charge in [0.1, 0.15) is 6.33 Å². The average Bonchev–Trinajstić information content (AvgIpc) is 2.74. The van der Waals surface area contributed by atoms with Crippen molar-refractivity contribution in [1.82, 2.24) is 9.97 Å². The minimum absolute atomic E-state index is 0.890. The van der Waals surface area contributed by atoms with E-state index in [4.69, 9.17) is 4.98 Å². The molecule has 1 aromatic heterocycles. The zero-order chi connectivity index (χ0) is 19.6. The second-order valence-corrected chi connectivity index (χ2v) is 8.72. The van der Waals surface area contributed by atoms with Crippen LogP contribution in [0.4, 0.5) is 0 Å². The summed E-state index contributed by atoms with van der Waals surface area (Å²) < 4.78 is 0. The summed E-state index contributed by atoms with van der Waals surface area (Å²) in [7, 11) is 0. The Morgan fingerprint density at radius 2 is 1.57 bits per heavy atom. The smallest absolute Gasteiger partial charge is 0.116 e. The van der Waals surface area contributed by atoms with E-state index in [1.165, 1.54) is 86.6 Å². The average molecular weight is 379 g/mol. The lowest BCUT2D eigenvalue weighted by atomic mass is 9.78. The number of hydrogen-bond acceptors (Lipinski definition) is 2. The summed E-state index contributed by atoms with van der Waals surface area (Å²) >= 11 is 0. The van der Waals surface area contributed by atoms with E-state index in [0.29, 0.717) is 0 Å². The first kappa shape index (κ1) is 21.0. The highest BCUT2D eigenvalue weighted by molar-refractivity contribution is 5.66. The Kier molecular flexibility index (Phi) is 8.51. The summed E-state index contributed by atoms with van der Waals surface area (Å²) in [5, 5.41) is 0. The van der Waals surface area contributed by atoms with Crippen LogP contribution in [0.1, 0.15) is 89.2 Å². The highest BCUT2D eigenvalue weighted by Gasteiger charge is 2.21. The highest BCUT2D eigenvalue weighted by Crippen LogP contribution is 2.35. The van der Waals surface area contributed by atoms with Gasteiger partial charge in [-0.3, -0.25) is 0 Å². The van der Waals surface area contributed by atoms with E-state index < -0.39 is 0 Å². The van der Waals surface area contributed by atoms with E-state index in [-0.39, 0.29) is 0 Å². The number of benzene rings is 1. The molecule has 2 heteroatoms. The molecular weight excluding hydrogens is 340 g/mol. The fraction of sp³-hybridized carbons (Fsp3) is 0.615. The van der Waals surface area contributed by atoms with Crippen LogP contribution in [0, 0.1) is 11.8 Å². The van der Waals surface area contributed by atoms with E-state index >= 15 is 0 Å². The normalized spacial score (nSPS) is 19.6. The Hall–Kier alpha value is -1.70. The van der Waals surface area contributed by atoms with Crippen molar-refractivity contribution in [2.24, 2.45) is 11.8 Å². The molecule has 1 aliphatic carbocycles. The van der Waals surface area contributed by atoms with Crippen LogP contribution < -0.4 is 0 Å². The third-order valence-electron chi connectivity index (χ3n) is 6.60. The second-order valence-electron chi connectivity index (χ2n) is 8.72. The molecule has 1 saturated carbocycles. The lowest BCUT2D eigenvalue weighted by Crippen LogP contribution is -2.15. The van der Waals surface area contributed by atoms with Crippen LogP contribution >= 0.6 is 0 Å². The number of hydrogen-bond donors (Lipinski definition) is 0. The van der Waals surface area contributed by atoms with Gasteiger partial charge in [0.25, 0.3) is 0 Å². The molecule has 28 heavy (non-hydrogen) atoms. The largest absolute Gasteiger partial charge is 0.244 e. The standard InChI is InChI=1S/C26H38N2/c1-3-5-6-10-23-11-7-8-12-25(23)26-24(19-27-20-28-26)18-17-22-15-13-21(9-4-2)14-16-22/h7-8,11-12,19-22H,3-6,9-10,13-18H2,1-2H3. The van der Waals surface area contributed by atoms with Crippen LogP contribution in [0.2, 0.25) is 0 Å². The fourth-order valence-corrected chi connectivity index (χ4v) is 4.90. The van der Waals surface area contributed by atoms with Crippen LogP contribution in [-0.2, 0) is 12.8 Å². The predicted octanol–water partition coefficient (Wildman–Crippen LogP) is 7.42. The summed E-state index contributed by atoms with van der Waals surface area (Å²) in [4.78, 5) is 9.09. The van der Waals surface area contributed by atoms with E-state index in [2.05, 4.69) is 49.3 Å². The van der Waals surface area contributed by atoms with Gasteiger partial charge in [-0.1, -0.05) is 89.5 Å². The summed E-state index contributed by atoms with van der Waals surface area (Å²) in [6.45, 7) is 4.59. The first-order valence-corrected chi connectivity index (χ1v) is 11.7. The summed E-state index contributed by atoms with van der Waals surface area (Å²) in [5.74, 6) is 1.88. The summed E-state index contributed by atoms with van der Waals surface area (Å²) in [6, 6.07) is 8.86. The molecule has 1 heterocycles. The van der Waals surface area contributed by atoms with Gasteiger partial charge >= 0.3 is 0 Å². The van der Waals surface area contributed by atoms with Gasteiger partial charge in [-0.2, -0.15) is 0 Å². The van der Waals surface area contributed by atoms with Crippen molar-refractivity contribution in [1.29, 1.82) is 0 Å². The third-order valence-corrected chi connectivity index (χ3v) is 6.60. The van der Waals surface area contributed by atoms with E-state index in [1.807, 2.05) is 0 Å². The fourth-order valence-electron chi connectivity index (χ4n) is 4.90. The topological polar surface area (TPSA) is 25.8 Å². The molecular formula is C26H38N2. The molecule has 0 atom stereocenters. The van der Waals surface area contributed by atoms with Crippen molar-refractivity contribution in [3.8, 4) is 11.3 Å². The van der Waals surface area contributed by atoms with Gasteiger partial charge in [0.2, 0.25) is 0 Å². The molecule has 0 saturated heterocycles. The van der Waals surface area contributed by atoms with Gasteiger partial charge in [0.05, 0.1) is 5.69 Å². The van der Waals surface area contributed by atoms with E-state index in [9.17, 15) is 0 Å². The Morgan fingerprint density at radius 1 is 0.821 bits per heavy atom. The SMILES string of the molecule is CCCCCc1ccccc1-c1ncncc1CCC1CCC(CCC)CC1. The minimum Gasteiger partial charge on any atom is -0.244 e. The Labute approximate surface area is 172 Å². The summed E-state index contributed by atoms with van der Waals surface area (Å²) in [5.41, 5.74) is 5.27. The number of rotatable bonds is 10. The lowest BCUT2D eigenvalue weighted by Gasteiger charge is -2.28. The molecule has 0 radical (unpaired) electrons. The van der Waals surface area contributed by atoms with Crippen LogP contribution in [0.5, 0.6) is 0 Å².